The number of hydrogen-bond acceptors (Lipinski definition) is 2. The highest BCUT2D eigenvalue weighted by molar-refractivity contribution is 6.60. The zero-order valence-electron chi connectivity index (χ0n) is 3.89. The number of halogens is 1. The van der Waals surface area contributed by atoms with Gasteiger partial charge >= 0.3 is 0 Å². The molecule has 1 aliphatic heterocycles. The van der Waals surface area contributed by atoms with E-state index in [0.29, 0.717) is 5.03 Å². The Balaban J connectivity index is 2.66. The molecule has 0 saturated carbocycles. The summed E-state index contributed by atoms with van der Waals surface area (Å²) in [6.07, 6.45) is 1.38. The highest BCUT2D eigenvalue weighted by atomic mass is 35.5. The van der Waals surface area contributed by atoms with E-state index < -0.39 is 5.91 Å². The van der Waals surface area contributed by atoms with E-state index in [4.69, 9.17) is 17.3 Å². The van der Waals surface area contributed by atoms with Crippen molar-refractivity contribution in [1.82, 2.24) is 0 Å². The molecule has 1 aliphatic rings. The van der Waals surface area contributed by atoms with Crippen LogP contribution in [0.5, 0.6) is 0 Å². The van der Waals surface area contributed by atoms with Crippen LogP contribution < -0.4 is 5.73 Å². The first-order valence-electron chi connectivity index (χ1n) is 1.95. The molecule has 0 spiro atoms. The van der Waals surface area contributed by atoms with Crippen LogP contribution in [0.3, 0.4) is 0 Å². The van der Waals surface area contributed by atoms with Crippen LogP contribution in [0.25, 0.3) is 0 Å². The second-order valence-electron chi connectivity index (χ2n) is 1.32. The lowest BCUT2D eigenvalue weighted by Gasteiger charge is -2.03. The van der Waals surface area contributed by atoms with Gasteiger partial charge in [-0.1, -0.05) is 11.6 Å². The molecule has 1 amide bonds. The van der Waals surface area contributed by atoms with E-state index in [0.717, 1.165) is 0 Å². The molecule has 0 aromatic heterocycles. The Morgan fingerprint density at radius 3 is 2.50 bits per heavy atom. The minimum atomic E-state index is -0.572. The third kappa shape index (κ3) is 0.607. The summed E-state index contributed by atoms with van der Waals surface area (Å²) in [5.74, 6) is -0.572. The number of primary amides is 1. The van der Waals surface area contributed by atoms with Crippen LogP contribution in [-0.4, -0.2) is 11.6 Å². The molecule has 0 unspecified atom stereocenters. The van der Waals surface area contributed by atoms with Crippen LogP contribution in [0.15, 0.2) is 16.2 Å². The number of nitrogens with two attached hydrogens (primary N) is 1. The van der Waals surface area contributed by atoms with Crippen LogP contribution in [0.4, 0.5) is 0 Å². The molecule has 42 valence electrons. The quantitative estimate of drug-likeness (QED) is 0.534. The van der Waals surface area contributed by atoms with Gasteiger partial charge in [-0.25, -0.2) is 4.99 Å². The van der Waals surface area contributed by atoms with Gasteiger partial charge in [-0.3, -0.25) is 4.79 Å². The van der Waals surface area contributed by atoms with Crippen LogP contribution in [0.2, 0.25) is 0 Å². The average Bonchev–Trinajstić information content (AvgIpc) is 1.61. The van der Waals surface area contributed by atoms with Gasteiger partial charge in [0.15, 0.2) is 0 Å². The summed E-state index contributed by atoms with van der Waals surface area (Å²) in [6.45, 7) is 0. The molecule has 3 nitrogen and oxygen atoms in total. The first-order chi connectivity index (χ1) is 3.72. The monoisotopic (exact) mass is 130 g/mol. The maximum absolute atomic E-state index is 10.2. The van der Waals surface area contributed by atoms with Crippen molar-refractivity contribution in [2.75, 3.05) is 0 Å². The van der Waals surface area contributed by atoms with Crippen LogP contribution in [0.1, 0.15) is 0 Å². The summed E-state index contributed by atoms with van der Waals surface area (Å²) < 4.78 is 0. The van der Waals surface area contributed by atoms with Gasteiger partial charge in [0.2, 0.25) is 0 Å². The minimum absolute atomic E-state index is 0.173. The smallest absolute Gasteiger partial charge is 0.268 e. The summed E-state index contributed by atoms with van der Waals surface area (Å²) in [6, 6.07) is 0. The van der Waals surface area contributed by atoms with E-state index >= 15 is 0 Å². The number of nitrogens with zero attached hydrogens (tertiary/aromatic N) is 1. The molecule has 2 N–H and O–H groups in total. The van der Waals surface area contributed by atoms with Gasteiger partial charge in [-0.2, -0.15) is 0 Å². The zero-order valence-corrected chi connectivity index (χ0v) is 4.64. The van der Waals surface area contributed by atoms with Gasteiger partial charge < -0.3 is 5.73 Å². The molecule has 8 heavy (non-hydrogen) atoms. The lowest BCUT2D eigenvalue weighted by atomic mass is 10.3. The van der Waals surface area contributed by atoms with Crippen molar-refractivity contribution in [3.8, 4) is 0 Å². The number of carbonyl (C=O) groups is 1. The van der Waals surface area contributed by atoms with Gasteiger partial charge in [0, 0.05) is 6.20 Å². The molecule has 0 aromatic carbocycles. The molecule has 0 aromatic rings. The van der Waals surface area contributed by atoms with Gasteiger partial charge in [-0.05, 0) is 0 Å². The van der Waals surface area contributed by atoms with Crippen molar-refractivity contribution >= 4 is 23.2 Å². The van der Waals surface area contributed by atoms with Crippen molar-refractivity contribution in [2.24, 2.45) is 10.7 Å². The van der Waals surface area contributed by atoms with E-state index in [1.54, 1.807) is 0 Å². The zero-order chi connectivity index (χ0) is 6.15. The van der Waals surface area contributed by atoms with E-state index in [9.17, 15) is 4.79 Å². The Morgan fingerprint density at radius 2 is 2.50 bits per heavy atom. The predicted octanol–water partition coefficient (Wildman–Crippen LogP) is 0.00650. The second kappa shape index (κ2) is 1.59. The number of amides is 1. The number of rotatable bonds is 1. The van der Waals surface area contributed by atoms with Crippen molar-refractivity contribution in [2.45, 2.75) is 0 Å². The fourth-order valence-corrected chi connectivity index (χ4v) is 0.550. The molecular formula is C4H3ClN2O. The van der Waals surface area contributed by atoms with E-state index in [2.05, 4.69) is 4.99 Å². The topological polar surface area (TPSA) is 55.5 Å². The first kappa shape index (κ1) is 5.31. The molecule has 1 heterocycles. The maximum atomic E-state index is 10.2. The molecule has 4 heteroatoms. The van der Waals surface area contributed by atoms with Crippen LogP contribution >= 0.6 is 11.6 Å². The summed E-state index contributed by atoms with van der Waals surface area (Å²) in [5.41, 5.74) is 4.97. The Labute approximate surface area is 50.8 Å². The third-order valence-corrected chi connectivity index (χ3v) is 1.04. The predicted molar refractivity (Wildman–Crippen MR) is 30.6 cm³/mol. The SMILES string of the molecule is NC(=O)C1=NC=C1Cl. The molecule has 0 atom stereocenters. The summed E-state index contributed by atoms with van der Waals surface area (Å²) in [4.78, 5) is 13.7. The highest BCUT2D eigenvalue weighted by Crippen LogP contribution is 2.12. The van der Waals surface area contributed by atoms with Crippen LogP contribution in [0, 0.1) is 0 Å². The summed E-state index contributed by atoms with van der Waals surface area (Å²) in [7, 11) is 0. The highest BCUT2D eigenvalue weighted by Gasteiger charge is 2.15. The molecule has 1 rings (SSSR count). The lowest BCUT2D eigenvalue weighted by molar-refractivity contribution is -0.111. The van der Waals surface area contributed by atoms with E-state index in [1.165, 1.54) is 6.20 Å². The van der Waals surface area contributed by atoms with Crippen molar-refractivity contribution in [3.63, 3.8) is 0 Å². The van der Waals surface area contributed by atoms with Gasteiger partial charge in [0.05, 0.1) is 5.03 Å². The fourth-order valence-electron chi connectivity index (χ4n) is 0.359. The largest absolute Gasteiger partial charge is 0.364 e. The molecule has 0 aliphatic carbocycles. The van der Waals surface area contributed by atoms with Crippen molar-refractivity contribution in [1.29, 1.82) is 0 Å². The number of carbonyl (C=O) groups excluding carboxylic acids is 1. The molecule has 0 bridgehead atoms. The molecule has 0 saturated heterocycles. The van der Waals surface area contributed by atoms with Crippen molar-refractivity contribution in [3.05, 3.63) is 11.2 Å². The number of aliphatic imine (C=N–C) groups is 1. The average molecular weight is 131 g/mol. The minimum Gasteiger partial charge on any atom is -0.364 e. The standard InChI is InChI=1S/C4H3ClN2O/c5-2-1-7-3(2)4(6)8/h1H,(H2,6,8). The van der Waals surface area contributed by atoms with E-state index in [-0.39, 0.29) is 5.71 Å². The second-order valence-corrected chi connectivity index (χ2v) is 1.73. The molecular weight excluding hydrogens is 128 g/mol. The Kier molecular flexibility index (Phi) is 1.06. The van der Waals surface area contributed by atoms with Crippen LogP contribution in [-0.2, 0) is 4.79 Å². The van der Waals surface area contributed by atoms with Crippen molar-refractivity contribution < 1.29 is 4.79 Å². The summed E-state index contributed by atoms with van der Waals surface area (Å²) in [5, 5.41) is 0.345. The summed E-state index contributed by atoms with van der Waals surface area (Å²) >= 11 is 5.34. The lowest BCUT2D eigenvalue weighted by Crippen LogP contribution is -2.26. The van der Waals surface area contributed by atoms with E-state index in [1.807, 2.05) is 0 Å². The Bertz CT molecular complexity index is 188. The third-order valence-electron chi connectivity index (χ3n) is 0.767. The first-order valence-corrected chi connectivity index (χ1v) is 2.33. The van der Waals surface area contributed by atoms with Gasteiger partial charge in [0.1, 0.15) is 5.71 Å². The van der Waals surface area contributed by atoms with Gasteiger partial charge in [-0.15, -0.1) is 0 Å². The molecule has 0 fully saturated rings. The fraction of sp³-hybridized carbons (Fsp3) is 0. The normalized spacial score (nSPS) is 16.1. The Hall–Kier alpha value is -0.830. The maximum Gasteiger partial charge on any atom is 0.268 e. The Morgan fingerprint density at radius 1 is 1.88 bits per heavy atom. The number of hydrogen-bond donors (Lipinski definition) is 1. The molecule has 0 radical (unpaired) electrons. The van der Waals surface area contributed by atoms with Gasteiger partial charge in [0.25, 0.3) is 5.91 Å².